The van der Waals surface area contributed by atoms with Gasteiger partial charge in [0.1, 0.15) is 4.64 Å². The zero-order valence-corrected chi connectivity index (χ0v) is 9.98. The zero-order valence-electron chi connectivity index (χ0n) is 9.16. The Bertz CT molecular complexity index is 549. The molecular weight excluding hydrogens is 204 g/mol. The molecule has 15 heavy (non-hydrogen) atoms. The number of fused-ring (bicyclic) bond motifs is 1. The molecule has 0 saturated carbocycles. The predicted molar refractivity (Wildman–Crippen MR) is 65.6 cm³/mol. The first-order chi connectivity index (χ1) is 6.98. The van der Waals surface area contributed by atoms with Gasteiger partial charge >= 0.3 is 0 Å². The zero-order chi connectivity index (χ0) is 11.1. The van der Waals surface area contributed by atoms with Crippen LogP contribution in [0, 0.1) is 4.64 Å². The van der Waals surface area contributed by atoms with Crippen molar-refractivity contribution in [2.24, 2.45) is 0 Å². The summed E-state index contributed by atoms with van der Waals surface area (Å²) in [7, 11) is 0. The van der Waals surface area contributed by atoms with E-state index >= 15 is 0 Å². The third-order valence-electron chi connectivity index (χ3n) is 2.52. The number of H-pyrrole nitrogens is 1. The van der Waals surface area contributed by atoms with Crippen molar-refractivity contribution >= 4 is 23.1 Å². The van der Waals surface area contributed by atoms with E-state index < -0.39 is 0 Å². The van der Waals surface area contributed by atoms with Gasteiger partial charge in [0.05, 0.1) is 6.33 Å². The molecule has 2 aromatic rings. The van der Waals surface area contributed by atoms with Gasteiger partial charge in [0.15, 0.2) is 0 Å². The first-order valence-corrected chi connectivity index (χ1v) is 5.37. The van der Waals surface area contributed by atoms with Crippen LogP contribution in [0.1, 0.15) is 26.3 Å². The third kappa shape index (κ3) is 1.92. The molecule has 2 rings (SSSR count). The first kappa shape index (κ1) is 10.3. The van der Waals surface area contributed by atoms with Gasteiger partial charge in [-0.25, -0.2) is 4.98 Å². The second-order valence-corrected chi connectivity index (χ2v) is 5.10. The van der Waals surface area contributed by atoms with Crippen molar-refractivity contribution in [1.29, 1.82) is 0 Å². The van der Waals surface area contributed by atoms with Gasteiger partial charge in [-0.1, -0.05) is 39.1 Å². The molecule has 0 radical (unpaired) electrons. The standard InChI is InChI=1S/C12H14N2S/c1-12(2,3)8-4-5-10-9(6-8)11(15)14-7-13-10/h4-7H,1-3H3,(H,13,14,15). The molecule has 3 heteroatoms. The number of nitrogens with zero attached hydrogens (tertiary/aromatic N) is 1. The van der Waals surface area contributed by atoms with E-state index in [1.165, 1.54) is 5.56 Å². The van der Waals surface area contributed by atoms with E-state index in [4.69, 9.17) is 12.2 Å². The molecule has 1 aromatic carbocycles. The van der Waals surface area contributed by atoms with E-state index in [-0.39, 0.29) is 5.41 Å². The quantitative estimate of drug-likeness (QED) is 0.684. The molecule has 0 amide bonds. The van der Waals surface area contributed by atoms with Gasteiger partial charge in [-0.05, 0) is 23.1 Å². The Kier molecular flexibility index (Phi) is 2.35. The highest BCUT2D eigenvalue weighted by Gasteiger charge is 2.13. The number of hydrogen-bond acceptors (Lipinski definition) is 2. The Balaban J connectivity index is 2.76. The molecule has 0 aliphatic rings. The van der Waals surface area contributed by atoms with Crippen LogP contribution in [-0.2, 0) is 5.41 Å². The van der Waals surface area contributed by atoms with E-state index in [9.17, 15) is 0 Å². The van der Waals surface area contributed by atoms with Crippen LogP contribution in [-0.4, -0.2) is 9.97 Å². The molecule has 0 saturated heterocycles. The molecule has 0 unspecified atom stereocenters. The molecule has 78 valence electrons. The highest BCUT2D eigenvalue weighted by molar-refractivity contribution is 7.71. The smallest absolute Gasteiger partial charge is 0.137 e. The Labute approximate surface area is 94.4 Å². The summed E-state index contributed by atoms with van der Waals surface area (Å²) in [6.45, 7) is 6.58. The van der Waals surface area contributed by atoms with Crippen LogP contribution < -0.4 is 0 Å². The predicted octanol–water partition coefficient (Wildman–Crippen LogP) is 3.59. The summed E-state index contributed by atoms with van der Waals surface area (Å²) in [4.78, 5) is 7.18. The van der Waals surface area contributed by atoms with Crippen LogP contribution in [0.5, 0.6) is 0 Å². The van der Waals surface area contributed by atoms with Gasteiger partial charge in [0.2, 0.25) is 0 Å². The SMILES string of the molecule is CC(C)(C)c1ccc2[nH]cnc(=S)c2c1. The average molecular weight is 218 g/mol. The number of nitrogens with one attached hydrogen (secondary N) is 1. The maximum absolute atomic E-state index is 5.21. The van der Waals surface area contributed by atoms with Crippen molar-refractivity contribution in [3.05, 3.63) is 34.7 Å². The lowest BCUT2D eigenvalue weighted by atomic mass is 9.86. The minimum atomic E-state index is 0.145. The maximum Gasteiger partial charge on any atom is 0.137 e. The maximum atomic E-state index is 5.21. The van der Waals surface area contributed by atoms with E-state index in [0.717, 1.165) is 10.9 Å². The number of hydrogen-bond donors (Lipinski definition) is 1. The molecule has 2 nitrogen and oxygen atoms in total. The van der Waals surface area contributed by atoms with Crippen molar-refractivity contribution in [1.82, 2.24) is 9.97 Å². The van der Waals surface area contributed by atoms with Crippen LogP contribution in [0.3, 0.4) is 0 Å². The molecular formula is C12H14N2S. The lowest BCUT2D eigenvalue weighted by molar-refractivity contribution is 0.591. The summed E-state index contributed by atoms with van der Waals surface area (Å²) >= 11 is 5.21. The summed E-state index contributed by atoms with van der Waals surface area (Å²) in [6.07, 6.45) is 1.64. The van der Waals surface area contributed by atoms with Crippen molar-refractivity contribution in [2.45, 2.75) is 26.2 Å². The Morgan fingerprint density at radius 1 is 1.27 bits per heavy atom. The van der Waals surface area contributed by atoms with Crippen LogP contribution in [0.25, 0.3) is 10.9 Å². The van der Waals surface area contributed by atoms with E-state index in [1.54, 1.807) is 6.33 Å². The number of rotatable bonds is 0. The van der Waals surface area contributed by atoms with Gasteiger partial charge in [0, 0.05) is 10.9 Å². The summed E-state index contributed by atoms with van der Waals surface area (Å²) in [5.41, 5.74) is 2.47. The van der Waals surface area contributed by atoms with Gasteiger partial charge in [-0.3, -0.25) is 0 Å². The highest BCUT2D eigenvalue weighted by atomic mass is 32.1. The molecule has 0 atom stereocenters. The van der Waals surface area contributed by atoms with Crippen molar-refractivity contribution in [3.63, 3.8) is 0 Å². The highest BCUT2D eigenvalue weighted by Crippen LogP contribution is 2.25. The van der Waals surface area contributed by atoms with Crippen LogP contribution in [0.4, 0.5) is 0 Å². The minimum Gasteiger partial charge on any atom is -0.346 e. The fourth-order valence-electron chi connectivity index (χ4n) is 1.54. The van der Waals surface area contributed by atoms with Crippen LogP contribution in [0.15, 0.2) is 24.5 Å². The topological polar surface area (TPSA) is 28.7 Å². The molecule has 0 aliphatic carbocycles. The molecule has 1 N–H and O–H groups in total. The fourth-order valence-corrected chi connectivity index (χ4v) is 1.77. The first-order valence-electron chi connectivity index (χ1n) is 4.96. The fraction of sp³-hybridized carbons (Fsp3) is 0.333. The summed E-state index contributed by atoms with van der Waals surface area (Å²) in [5, 5.41) is 1.03. The molecule has 0 bridgehead atoms. The normalized spacial score (nSPS) is 11.9. The van der Waals surface area contributed by atoms with E-state index in [2.05, 4.69) is 48.9 Å². The molecule has 0 aliphatic heterocycles. The minimum absolute atomic E-state index is 0.145. The third-order valence-corrected chi connectivity index (χ3v) is 2.84. The lowest BCUT2D eigenvalue weighted by Gasteiger charge is -2.19. The summed E-state index contributed by atoms with van der Waals surface area (Å²) < 4.78 is 0.662. The summed E-state index contributed by atoms with van der Waals surface area (Å²) in [6, 6.07) is 6.32. The molecule has 0 fully saturated rings. The lowest BCUT2D eigenvalue weighted by Crippen LogP contribution is -2.10. The van der Waals surface area contributed by atoms with E-state index in [1.807, 2.05) is 0 Å². The molecule has 0 spiro atoms. The van der Waals surface area contributed by atoms with Crippen molar-refractivity contribution < 1.29 is 0 Å². The Morgan fingerprint density at radius 2 is 2.00 bits per heavy atom. The number of aromatic nitrogens is 2. The van der Waals surface area contributed by atoms with Crippen LogP contribution >= 0.6 is 12.2 Å². The van der Waals surface area contributed by atoms with Crippen molar-refractivity contribution in [3.8, 4) is 0 Å². The largest absolute Gasteiger partial charge is 0.346 e. The van der Waals surface area contributed by atoms with Gasteiger partial charge < -0.3 is 4.98 Å². The second-order valence-electron chi connectivity index (χ2n) is 4.72. The van der Waals surface area contributed by atoms with Gasteiger partial charge in [-0.15, -0.1) is 0 Å². The molecule has 1 aromatic heterocycles. The monoisotopic (exact) mass is 218 g/mol. The van der Waals surface area contributed by atoms with E-state index in [0.29, 0.717) is 4.64 Å². The number of aromatic amines is 1. The second kappa shape index (κ2) is 3.42. The Hall–Kier alpha value is -1.22. The van der Waals surface area contributed by atoms with Crippen molar-refractivity contribution in [2.75, 3.05) is 0 Å². The number of benzene rings is 1. The van der Waals surface area contributed by atoms with Gasteiger partial charge in [0.25, 0.3) is 0 Å². The van der Waals surface area contributed by atoms with Gasteiger partial charge in [-0.2, -0.15) is 0 Å². The average Bonchev–Trinajstić information content (AvgIpc) is 2.16. The molecule has 1 heterocycles. The van der Waals surface area contributed by atoms with Crippen LogP contribution in [0.2, 0.25) is 0 Å². The summed E-state index contributed by atoms with van der Waals surface area (Å²) in [5.74, 6) is 0. The Morgan fingerprint density at radius 3 is 2.67 bits per heavy atom.